The molecule has 2 heteroatoms. The molecule has 0 spiro atoms. The Morgan fingerprint density at radius 2 is 1.25 bits per heavy atom. The van der Waals surface area contributed by atoms with Crippen molar-refractivity contribution in [3.8, 4) is 0 Å². The first-order valence-electron chi connectivity index (χ1n) is 7.81. The van der Waals surface area contributed by atoms with E-state index in [1.165, 1.54) is 36.0 Å². The molecule has 110 valence electrons. The normalized spacial score (nSPS) is 16.2. The smallest absolute Gasteiger partial charge is 0.252 e. The van der Waals surface area contributed by atoms with Gasteiger partial charge in [-0.1, -0.05) is 19.3 Å². The number of benzene rings is 1. The Hall–Kier alpha value is -1.31. The second-order valence-corrected chi connectivity index (χ2v) is 6.31. The molecule has 1 amide bonds. The fourth-order valence-electron chi connectivity index (χ4n) is 3.35. The van der Waals surface area contributed by atoms with Crippen LogP contribution in [0.25, 0.3) is 0 Å². The summed E-state index contributed by atoms with van der Waals surface area (Å²) in [4.78, 5) is 12.7. The van der Waals surface area contributed by atoms with Gasteiger partial charge in [0.1, 0.15) is 0 Å². The van der Waals surface area contributed by atoms with E-state index in [1.807, 2.05) is 0 Å². The second-order valence-electron chi connectivity index (χ2n) is 6.31. The Kier molecular flexibility index (Phi) is 4.52. The molecule has 0 saturated heterocycles. The highest BCUT2D eigenvalue weighted by atomic mass is 16.1. The number of nitrogens with one attached hydrogen (secondary N) is 1. The summed E-state index contributed by atoms with van der Waals surface area (Å²) in [6.45, 7) is 10.5. The van der Waals surface area contributed by atoms with E-state index in [1.54, 1.807) is 0 Å². The van der Waals surface area contributed by atoms with E-state index in [2.05, 4.69) is 39.9 Å². The molecule has 0 radical (unpaired) electrons. The van der Waals surface area contributed by atoms with Crippen molar-refractivity contribution in [3.63, 3.8) is 0 Å². The van der Waals surface area contributed by atoms with Crippen LogP contribution in [0.3, 0.4) is 0 Å². The monoisotopic (exact) mass is 273 g/mol. The van der Waals surface area contributed by atoms with Crippen molar-refractivity contribution in [1.82, 2.24) is 5.32 Å². The summed E-state index contributed by atoms with van der Waals surface area (Å²) >= 11 is 0. The maximum Gasteiger partial charge on any atom is 0.252 e. The highest BCUT2D eigenvalue weighted by Crippen LogP contribution is 2.26. The van der Waals surface area contributed by atoms with Gasteiger partial charge in [0.2, 0.25) is 0 Å². The molecule has 0 aliphatic heterocycles. The topological polar surface area (TPSA) is 29.1 Å². The molecule has 1 fully saturated rings. The fraction of sp³-hybridized carbons (Fsp3) is 0.611. The van der Waals surface area contributed by atoms with Crippen LogP contribution in [0.1, 0.15) is 70.3 Å². The third-order valence-corrected chi connectivity index (χ3v) is 5.17. The molecule has 0 atom stereocenters. The largest absolute Gasteiger partial charge is 0.349 e. The highest BCUT2D eigenvalue weighted by Gasteiger charge is 2.21. The summed E-state index contributed by atoms with van der Waals surface area (Å²) in [7, 11) is 0. The summed E-state index contributed by atoms with van der Waals surface area (Å²) in [5.74, 6) is 0.123. The first kappa shape index (κ1) is 15.1. The zero-order chi connectivity index (χ0) is 14.9. The molecule has 1 aromatic rings. The lowest BCUT2D eigenvalue weighted by Crippen LogP contribution is -2.37. The van der Waals surface area contributed by atoms with Gasteiger partial charge in [-0.2, -0.15) is 0 Å². The van der Waals surface area contributed by atoms with Crippen molar-refractivity contribution >= 4 is 5.91 Å². The third kappa shape index (κ3) is 2.74. The minimum atomic E-state index is 0.123. The predicted octanol–water partition coefficient (Wildman–Crippen LogP) is 4.29. The molecule has 0 bridgehead atoms. The van der Waals surface area contributed by atoms with Gasteiger partial charge in [-0.15, -0.1) is 0 Å². The van der Waals surface area contributed by atoms with Gasteiger partial charge >= 0.3 is 0 Å². The van der Waals surface area contributed by atoms with Crippen LogP contribution in [0.5, 0.6) is 0 Å². The molecule has 1 saturated carbocycles. The number of amides is 1. The zero-order valence-corrected chi connectivity index (χ0v) is 13.5. The highest BCUT2D eigenvalue weighted by molar-refractivity contribution is 5.98. The Bertz CT molecular complexity index is 496. The van der Waals surface area contributed by atoms with Crippen LogP contribution < -0.4 is 5.32 Å². The summed E-state index contributed by atoms with van der Waals surface area (Å²) in [6, 6.07) is 0.372. The Morgan fingerprint density at radius 3 is 1.75 bits per heavy atom. The number of carbonyl (C=O) groups is 1. The minimum Gasteiger partial charge on any atom is -0.349 e. The first-order chi connectivity index (χ1) is 9.43. The van der Waals surface area contributed by atoms with Crippen LogP contribution in [-0.2, 0) is 0 Å². The zero-order valence-electron chi connectivity index (χ0n) is 13.5. The number of hydrogen-bond donors (Lipinski definition) is 1. The average Bonchev–Trinajstić information content (AvgIpc) is 2.44. The number of carbonyl (C=O) groups excluding carboxylic acids is 1. The molecule has 1 aromatic carbocycles. The molecule has 2 rings (SSSR count). The Balaban J connectivity index is 2.30. The van der Waals surface area contributed by atoms with E-state index in [-0.39, 0.29) is 5.91 Å². The van der Waals surface area contributed by atoms with Gasteiger partial charge in [-0.05, 0) is 75.3 Å². The first-order valence-corrected chi connectivity index (χ1v) is 7.81. The molecule has 1 aliphatic rings. The summed E-state index contributed by atoms with van der Waals surface area (Å²) in [6.07, 6.45) is 6.07. The van der Waals surface area contributed by atoms with Crippen LogP contribution in [-0.4, -0.2) is 11.9 Å². The van der Waals surface area contributed by atoms with E-state index < -0.39 is 0 Å². The van der Waals surface area contributed by atoms with E-state index in [0.717, 1.165) is 29.5 Å². The van der Waals surface area contributed by atoms with Crippen molar-refractivity contribution in [2.45, 2.75) is 72.8 Å². The van der Waals surface area contributed by atoms with Crippen LogP contribution in [0, 0.1) is 34.6 Å². The molecule has 2 nitrogen and oxygen atoms in total. The van der Waals surface area contributed by atoms with E-state index in [4.69, 9.17) is 0 Å². The molecular weight excluding hydrogens is 246 g/mol. The summed E-state index contributed by atoms with van der Waals surface area (Å²) in [5.41, 5.74) is 6.99. The van der Waals surface area contributed by atoms with Crippen molar-refractivity contribution in [2.24, 2.45) is 0 Å². The quantitative estimate of drug-likeness (QED) is 0.855. The Morgan fingerprint density at radius 1 is 0.800 bits per heavy atom. The van der Waals surface area contributed by atoms with Crippen LogP contribution in [0.15, 0.2) is 0 Å². The van der Waals surface area contributed by atoms with Crippen molar-refractivity contribution < 1.29 is 4.79 Å². The molecule has 0 heterocycles. The maximum atomic E-state index is 12.7. The fourth-order valence-corrected chi connectivity index (χ4v) is 3.35. The molecule has 20 heavy (non-hydrogen) atoms. The van der Waals surface area contributed by atoms with Gasteiger partial charge in [0.05, 0.1) is 0 Å². The standard InChI is InChI=1S/C18H27NO/c1-11-12(2)14(4)17(15(5)13(11)3)18(20)19-16-9-7-6-8-10-16/h16H,6-10H2,1-5H3,(H,19,20). The Labute approximate surface area is 123 Å². The minimum absolute atomic E-state index is 0.123. The van der Waals surface area contributed by atoms with Crippen molar-refractivity contribution in [3.05, 3.63) is 33.4 Å². The number of rotatable bonds is 2. The third-order valence-electron chi connectivity index (χ3n) is 5.17. The van der Waals surface area contributed by atoms with Gasteiger partial charge in [-0.3, -0.25) is 4.79 Å². The maximum absolute atomic E-state index is 12.7. The SMILES string of the molecule is Cc1c(C)c(C)c(C(=O)NC2CCCCC2)c(C)c1C. The van der Waals surface area contributed by atoms with Gasteiger partial charge in [0, 0.05) is 11.6 Å². The van der Waals surface area contributed by atoms with Gasteiger partial charge in [-0.25, -0.2) is 0 Å². The molecule has 1 aliphatic carbocycles. The lowest BCUT2D eigenvalue weighted by atomic mass is 9.88. The predicted molar refractivity (Wildman–Crippen MR) is 84.5 cm³/mol. The van der Waals surface area contributed by atoms with Crippen LogP contribution in [0.4, 0.5) is 0 Å². The number of hydrogen-bond acceptors (Lipinski definition) is 1. The van der Waals surface area contributed by atoms with Gasteiger partial charge in [0.15, 0.2) is 0 Å². The van der Waals surface area contributed by atoms with E-state index in [0.29, 0.717) is 6.04 Å². The van der Waals surface area contributed by atoms with Gasteiger partial charge < -0.3 is 5.32 Å². The van der Waals surface area contributed by atoms with Gasteiger partial charge in [0.25, 0.3) is 5.91 Å². The second kappa shape index (κ2) is 5.99. The average molecular weight is 273 g/mol. The molecule has 0 unspecified atom stereocenters. The van der Waals surface area contributed by atoms with Crippen molar-refractivity contribution in [2.75, 3.05) is 0 Å². The van der Waals surface area contributed by atoms with Crippen molar-refractivity contribution in [1.29, 1.82) is 0 Å². The lowest BCUT2D eigenvalue weighted by molar-refractivity contribution is 0.0926. The summed E-state index contributed by atoms with van der Waals surface area (Å²) < 4.78 is 0. The van der Waals surface area contributed by atoms with E-state index in [9.17, 15) is 4.79 Å². The lowest BCUT2D eigenvalue weighted by Gasteiger charge is -2.25. The molecule has 1 N–H and O–H groups in total. The summed E-state index contributed by atoms with van der Waals surface area (Å²) in [5, 5.41) is 3.25. The molecule has 0 aromatic heterocycles. The van der Waals surface area contributed by atoms with Crippen LogP contribution >= 0.6 is 0 Å². The molecular formula is C18H27NO. The van der Waals surface area contributed by atoms with E-state index >= 15 is 0 Å². The van der Waals surface area contributed by atoms with Crippen LogP contribution in [0.2, 0.25) is 0 Å².